The van der Waals surface area contributed by atoms with Crippen molar-refractivity contribution in [3.8, 4) is 11.1 Å². The van der Waals surface area contributed by atoms with Crippen molar-refractivity contribution in [3.05, 3.63) is 92.4 Å². The van der Waals surface area contributed by atoms with Crippen LogP contribution in [0.4, 0.5) is 0 Å². The maximum absolute atomic E-state index is 13.4. The molecule has 0 spiro atoms. The zero-order valence-corrected chi connectivity index (χ0v) is 19.1. The van der Waals surface area contributed by atoms with Gasteiger partial charge in [-0.2, -0.15) is 0 Å². The summed E-state index contributed by atoms with van der Waals surface area (Å²) in [5, 5.41) is 0.698. The van der Waals surface area contributed by atoms with Crippen molar-refractivity contribution in [3.63, 3.8) is 0 Å². The van der Waals surface area contributed by atoms with Gasteiger partial charge >= 0.3 is 0 Å². The van der Waals surface area contributed by atoms with Crippen LogP contribution in [-0.4, -0.2) is 0 Å². The second-order valence-electron chi connectivity index (χ2n) is 8.61. The molecule has 0 saturated carbocycles. The fourth-order valence-corrected chi connectivity index (χ4v) is 3.86. The molecule has 3 aromatic rings. The monoisotopic (exact) mass is 400 g/mol. The van der Waals surface area contributed by atoms with Gasteiger partial charge in [0.15, 0.2) is 0 Å². The van der Waals surface area contributed by atoms with E-state index in [1.54, 1.807) is 6.26 Å². The predicted molar refractivity (Wildman–Crippen MR) is 128 cm³/mol. The summed E-state index contributed by atoms with van der Waals surface area (Å²) in [4.78, 5) is 13.4. The van der Waals surface area contributed by atoms with E-state index in [1.165, 1.54) is 22.3 Å². The number of hydrogen-bond donors (Lipinski definition) is 0. The SMILES string of the molecule is CC(C)=CCC/C(C)=C/Cc1c(C)cc(C)c2c(=O)c(-c3ccc(C)cc3)coc12. The van der Waals surface area contributed by atoms with Gasteiger partial charge in [-0.05, 0) is 77.5 Å². The first-order chi connectivity index (χ1) is 14.3. The van der Waals surface area contributed by atoms with Crippen LogP contribution in [-0.2, 0) is 6.42 Å². The summed E-state index contributed by atoms with van der Waals surface area (Å²) in [5.41, 5.74) is 9.41. The van der Waals surface area contributed by atoms with E-state index in [1.807, 2.05) is 38.1 Å². The van der Waals surface area contributed by atoms with Crippen LogP contribution in [0.5, 0.6) is 0 Å². The Morgan fingerprint density at radius 1 is 0.967 bits per heavy atom. The maximum atomic E-state index is 13.4. The van der Waals surface area contributed by atoms with Crippen molar-refractivity contribution < 1.29 is 4.42 Å². The van der Waals surface area contributed by atoms with Gasteiger partial charge in [0, 0.05) is 5.56 Å². The van der Waals surface area contributed by atoms with E-state index in [4.69, 9.17) is 4.42 Å². The normalized spacial score (nSPS) is 11.7. The standard InChI is InChI=1S/C28H32O2/c1-18(2)8-7-9-19(3)12-15-24-21(5)16-22(6)26-27(29)25(17-30-28(24)26)23-13-10-20(4)11-14-23/h8,10-14,16-17H,7,9,15H2,1-6H3/b19-12+. The summed E-state index contributed by atoms with van der Waals surface area (Å²) in [7, 11) is 0. The van der Waals surface area contributed by atoms with Crippen LogP contribution in [0.1, 0.15) is 55.9 Å². The summed E-state index contributed by atoms with van der Waals surface area (Å²) < 4.78 is 6.11. The third kappa shape index (κ3) is 4.81. The molecule has 0 aliphatic heterocycles. The lowest BCUT2D eigenvalue weighted by atomic mass is 9.95. The summed E-state index contributed by atoms with van der Waals surface area (Å²) in [6.07, 6.45) is 9.06. The Kier molecular flexibility index (Phi) is 6.77. The number of benzene rings is 2. The van der Waals surface area contributed by atoms with E-state index in [2.05, 4.69) is 45.9 Å². The largest absolute Gasteiger partial charge is 0.463 e. The first-order valence-electron chi connectivity index (χ1n) is 10.7. The van der Waals surface area contributed by atoms with Gasteiger partial charge in [-0.15, -0.1) is 0 Å². The Morgan fingerprint density at radius 3 is 2.33 bits per heavy atom. The van der Waals surface area contributed by atoms with Gasteiger partial charge in [-0.3, -0.25) is 4.79 Å². The van der Waals surface area contributed by atoms with Crippen molar-refractivity contribution >= 4 is 11.0 Å². The minimum atomic E-state index is 0.0445. The van der Waals surface area contributed by atoms with Crippen molar-refractivity contribution in [1.29, 1.82) is 0 Å². The molecule has 2 heteroatoms. The van der Waals surface area contributed by atoms with Crippen LogP contribution in [0.25, 0.3) is 22.1 Å². The molecule has 0 atom stereocenters. The highest BCUT2D eigenvalue weighted by molar-refractivity contribution is 5.87. The van der Waals surface area contributed by atoms with Crippen molar-refractivity contribution in [2.75, 3.05) is 0 Å². The Morgan fingerprint density at radius 2 is 1.67 bits per heavy atom. The van der Waals surface area contributed by atoms with E-state index in [0.717, 1.165) is 41.5 Å². The zero-order chi connectivity index (χ0) is 21.8. The van der Waals surface area contributed by atoms with Crippen LogP contribution >= 0.6 is 0 Å². The molecule has 30 heavy (non-hydrogen) atoms. The Hall–Kier alpha value is -2.87. The lowest BCUT2D eigenvalue weighted by Crippen LogP contribution is -2.08. The van der Waals surface area contributed by atoms with Crippen molar-refractivity contribution in [2.24, 2.45) is 0 Å². The molecule has 0 aliphatic rings. The van der Waals surface area contributed by atoms with Crippen LogP contribution in [0.2, 0.25) is 0 Å². The van der Waals surface area contributed by atoms with Gasteiger partial charge in [0.05, 0.1) is 10.9 Å². The van der Waals surface area contributed by atoms with E-state index in [0.29, 0.717) is 10.9 Å². The van der Waals surface area contributed by atoms with E-state index in [-0.39, 0.29) is 5.43 Å². The second-order valence-corrected chi connectivity index (χ2v) is 8.61. The summed E-state index contributed by atoms with van der Waals surface area (Å²) in [5.74, 6) is 0. The molecule has 0 saturated heterocycles. The summed E-state index contributed by atoms with van der Waals surface area (Å²) in [6, 6.07) is 10.1. The summed E-state index contributed by atoms with van der Waals surface area (Å²) in [6.45, 7) is 12.6. The van der Waals surface area contributed by atoms with Crippen LogP contribution in [0.3, 0.4) is 0 Å². The molecule has 0 radical (unpaired) electrons. The molecule has 0 N–H and O–H groups in total. The number of hydrogen-bond acceptors (Lipinski definition) is 2. The fraction of sp³-hybridized carbons (Fsp3) is 0.321. The molecule has 1 aromatic heterocycles. The fourth-order valence-electron chi connectivity index (χ4n) is 3.86. The predicted octanol–water partition coefficient (Wildman–Crippen LogP) is 7.62. The topological polar surface area (TPSA) is 30.2 Å². The third-order valence-corrected chi connectivity index (χ3v) is 5.68. The molecular formula is C28H32O2. The Bertz CT molecular complexity index is 1170. The molecule has 0 fully saturated rings. The first-order valence-corrected chi connectivity index (χ1v) is 10.7. The Labute approximate surface area is 180 Å². The van der Waals surface area contributed by atoms with Gasteiger partial charge in [-0.1, -0.05) is 59.2 Å². The van der Waals surface area contributed by atoms with E-state index < -0.39 is 0 Å². The molecule has 3 rings (SSSR count). The lowest BCUT2D eigenvalue weighted by Gasteiger charge is -2.12. The highest BCUT2D eigenvalue weighted by Gasteiger charge is 2.16. The first kappa shape index (κ1) is 21.8. The van der Waals surface area contributed by atoms with Crippen LogP contribution in [0, 0.1) is 20.8 Å². The highest BCUT2D eigenvalue weighted by atomic mass is 16.3. The number of fused-ring (bicyclic) bond motifs is 1. The molecule has 0 aliphatic carbocycles. The van der Waals surface area contributed by atoms with Gasteiger partial charge < -0.3 is 4.42 Å². The molecule has 0 amide bonds. The summed E-state index contributed by atoms with van der Waals surface area (Å²) >= 11 is 0. The maximum Gasteiger partial charge on any atom is 0.200 e. The quantitative estimate of drug-likeness (QED) is 0.398. The van der Waals surface area contributed by atoms with Gasteiger partial charge in [0.25, 0.3) is 0 Å². The average molecular weight is 401 g/mol. The van der Waals surface area contributed by atoms with E-state index >= 15 is 0 Å². The van der Waals surface area contributed by atoms with Gasteiger partial charge in [0.1, 0.15) is 11.8 Å². The molecule has 156 valence electrons. The molecular weight excluding hydrogens is 368 g/mol. The minimum Gasteiger partial charge on any atom is -0.463 e. The molecule has 0 unspecified atom stereocenters. The lowest BCUT2D eigenvalue weighted by molar-refractivity contribution is 0.600. The number of allylic oxidation sites excluding steroid dienone is 4. The molecule has 2 nitrogen and oxygen atoms in total. The number of rotatable bonds is 6. The number of aryl methyl sites for hydroxylation is 3. The molecule has 1 heterocycles. The van der Waals surface area contributed by atoms with Crippen molar-refractivity contribution in [1.82, 2.24) is 0 Å². The van der Waals surface area contributed by atoms with Crippen molar-refractivity contribution in [2.45, 2.75) is 60.8 Å². The molecule has 0 bridgehead atoms. The zero-order valence-electron chi connectivity index (χ0n) is 19.1. The van der Waals surface area contributed by atoms with E-state index in [9.17, 15) is 4.79 Å². The average Bonchev–Trinajstić information content (AvgIpc) is 2.68. The minimum absolute atomic E-state index is 0.0445. The van der Waals surface area contributed by atoms with Gasteiger partial charge in [0.2, 0.25) is 5.43 Å². The van der Waals surface area contributed by atoms with Crippen LogP contribution in [0.15, 0.2) is 69.1 Å². The second kappa shape index (κ2) is 9.30. The smallest absolute Gasteiger partial charge is 0.200 e. The van der Waals surface area contributed by atoms with Crippen LogP contribution < -0.4 is 5.43 Å². The highest BCUT2D eigenvalue weighted by Crippen LogP contribution is 2.28. The molecule has 2 aromatic carbocycles. The van der Waals surface area contributed by atoms with Gasteiger partial charge in [-0.25, -0.2) is 0 Å². The third-order valence-electron chi connectivity index (χ3n) is 5.68. The Balaban J connectivity index is 2.02.